The summed E-state index contributed by atoms with van der Waals surface area (Å²) in [6.07, 6.45) is -99.0. The third kappa shape index (κ3) is 21.2. The van der Waals surface area contributed by atoms with Crippen LogP contribution in [0.25, 0.3) is 0 Å². The monoisotopic (exact) mass is 1760 g/mol. The van der Waals surface area contributed by atoms with Crippen LogP contribution >= 0.6 is 0 Å². The number of nitrogens with one attached hydrogen (secondary N) is 3. The first-order chi connectivity index (χ1) is 56.8. The zero-order valence-electron chi connectivity index (χ0n) is 63.9. The van der Waals surface area contributed by atoms with E-state index in [9.17, 15) is 162 Å². The van der Waals surface area contributed by atoms with Gasteiger partial charge < -0.3 is 254 Å². The molecule has 0 saturated carbocycles. The zero-order valence-corrected chi connectivity index (χ0v) is 63.9. The molecule has 10 aliphatic rings. The molecule has 0 radical (unpaired) electrons. The van der Waals surface area contributed by atoms with Gasteiger partial charge in [0.2, 0.25) is 17.7 Å². The summed E-state index contributed by atoms with van der Waals surface area (Å²) in [5.41, 5.74) is 0. The van der Waals surface area contributed by atoms with Crippen molar-refractivity contribution in [3.63, 3.8) is 0 Å². The molecule has 10 fully saturated rings. The summed E-state index contributed by atoms with van der Waals surface area (Å²) in [4.78, 5) is 38.5. The van der Waals surface area contributed by atoms with Crippen LogP contribution in [-0.2, 0) is 104 Å². The van der Waals surface area contributed by atoms with Gasteiger partial charge >= 0.3 is 0 Å². The van der Waals surface area contributed by atoms with Gasteiger partial charge in [-0.25, -0.2) is 0 Å². The molecule has 0 aromatic heterocycles. The van der Waals surface area contributed by atoms with Crippen molar-refractivity contribution in [2.75, 3.05) is 66.1 Å². The van der Waals surface area contributed by atoms with Crippen LogP contribution in [0.1, 0.15) is 20.8 Å². The Morgan fingerprint density at radius 1 is 0.217 bits per heavy atom. The van der Waals surface area contributed by atoms with Crippen LogP contribution in [0.2, 0.25) is 0 Å². The Morgan fingerprint density at radius 2 is 0.450 bits per heavy atom. The lowest BCUT2D eigenvalue weighted by atomic mass is 9.94. The van der Waals surface area contributed by atoms with E-state index >= 15 is 0 Å². The van der Waals surface area contributed by atoms with Crippen molar-refractivity contribution >= 4 is 17.7 Å². The molecule has 696 valence electrons. The largest absolute Gasteiger partial charge is 0.394 e. The van der Waals surface area contributed by atoms with Gasteiger partial charge in [-0.2, -0.15) is 0 Å². The maximum absolute atomic E-state index is 13.1. The average Bonchev–Trinajstić information content (AvgIpc) is 0.767. The van der Waals surface area contributed by atoms with E-state index in [1.54, 1.807) is 0 Å². The van der Waals surface area contributed by atoms with Crippen LogP contribution < -0.4 is 16.0 Å². The molecule has 32 N–H and O–H groups in total. The summed E-state index contributed by atoms with van der Waals surface area (Å²) in [5, 5.41) is 328. The number of hydrogen-bond donors (Lipinski definition) is 32. The lowest BCUT2D eigenvalue weighted by Gasteiger charge is -2.51. The van der Waals surface area contributed by atoms with E-state index in [4.69, 9.17) is 90.0 Å². The maximum Gasteiger partial charge on any atom is 0.217 e. The Hall–Kier alpha value is -3.51. The Kier molecular flexibility index (Phi) is 35.4. The second kappa shape index (κ2) is 43.1. The zero-order chi connectivity index (χ0) is 88.2. The molecule has 3 amide bonds. The normalized spacial score (nSPS) is 50.4. The summed E-state index contributed by atoms with van der Waals surface area (Å²) in [6, 6.07) is -5.80. The van der Waals surface area contributed by atoms with Crippen LogP contribution in [0, 0.1) is 0 Å². The van der Waals surface area contributed by atoms with Crippen LogP contribution in [0.4, 0.5) is 0 Å². The van der Waals surface area contributed by atoms with E-state index in [-0.39, 0.29) is 0 Å². The highest BCUT2D eigenvalue weighted by molar-refractivity contribution is 5.74. The number of amides is 3. The third-order valence-corrected chi connectivity index (χ3v) is 22.1. The van der Waals surface area contributed by atoms with Crippen molar-refractivity contribution in [1.82, 2.24) is 16.0 Å². The second-order valence-electron chi connectivity index (χ2n) is 30.2. The topological polar surface area (TPSA) is 849 Å². The quantitative estimate of drug-likeness (QED) is 0.0306. The number of hydrogen-bond acceptors (Lipinski definition) is 51. The molecule has 0 aliphatic carbocycles. The first-order valence-electron chi connectivity index (χ1n) is 38.2. The maximum atomic E-state index is 13.1. The summed E-state index contributed by atoms with van der Waals surface area (Å²) in [6.45, 7) is -8.30. The van der Waals surface area contributed by atoms with Gasteiger partial charge in [0.1, 0.15) is 244 Å². The van der Waals surface area contributed by atoms with Crippen molar-refractivity contribution in [2.45, 2.75) is 328 Å². The van der Waals surface area contributed by atoms with Crippen LogP contribution in [0.3, 0.4) is 0 Å². The van der Waals surface area contributed by atoms with Gasteiger partial charge in [-0.3, -0.25) is 14.4 Å². The molecular formula is C66H111N3O51. The average molecular weight is 1760 g/mol. The fourth-order valence-electron chi connectivity index (χ4n) is 15.5. The molecule has 54 heteroatoms. The van der Waals surface area contributed by atoms with Crippen LogP contribution in [-0.4, -0.2) is 539 Å². The van der Waals surface area contributed by atoms with E-state index in [2.05, 4.69) is 16.0 Å². The highest BCUT2D eigenvalue weighted by Crippen LogP contribution is 2.41. The van der Waals surface area contributed by atoms with Crippen molar-refractivity contribution in [1.29, 1.82) is 0 Å². The molecule has 50 atom stereocenters. The number of carbonyl (C=O) groups is 3. The minimum absolute atomic E-state index is 0.866. The van der Waals surface area contributed by atoms with Gasteiger partial charge in [-0.15, -0.1) is 0 Å². The summed E-state index contributed by atoms with van der Waals surface area (Å²) in [5.74, 6) is -2.85. The van der Waals surface area contributed by atoms with E-state index in [0.29, 0.717) is 0 Å². The van der Waals surface area contributed by atoms with Gasteiger partial charge in [0.15, 0.2) is 62.9 Å². The molecule has 0 spiro atoms. The molecular weight excluding hydrogens is 1650 g/mol. The number of aliphatic hydroxyl groups excluding tert-OH is 29. The predicted molar refractivity (Wildman–Crippen MR) is 364 cm³/mol. The minimum atomic E-state index is -2.54. The highest BCUT2D eigenvalue weighted by Gasteiger charge is 2.62. The van der Waals surface area contributed by atoms with Gasteiger partial charge in [0.05, 0.1) is 66.1 Å². The molecule has 0 aromatic carbocycles. The Bertz CT molecular complexity index is 3180. The standard InChI is InChI=1S/C66H111N3O51/c1-14(79)67-27-37(89)49(23(10-76)103-57(27)101)113-64-48(100)54(118-66-56(43(95)33(85)20(7-73)109-66)120-59-29(69-16(3)81)39(91)51(25(12-78)111-59)115-63-47(99)53(35(87)22(9-75)107-63)117-61-45(97)41(93)31(83)18(5-71)105-61)36(88)26(112-64)13-102-65-55(42(94)32(84)19(6-72)108-65)119-58-28(68-15(2)80)38(90)50(24(11-77)110-58)114-62-46(98)52(34(86)21(8-74)106-62)116-60-44(96)40(92)30(82)17(4-70)104-60/h17-66,70-78,82-101H,4-13H2,1-3H3,(H,67,79)(H,68,80)(H,69,81)/t17-,18-,19-,20-,21-,22-,23-,24-,25-,26-,27-,28-,29-,30+,31+,32-,33-,34+,35+,36-,37-,38-,39-,40+,41+,42+,43+,44-,45-,46-,47-,48+,49-,50-,51-,52+,53+,54+,55+,56+,57?,58+,59+,60-,61-,62+,63+,64+,65+,66-/m1/s1. The van der Waals surface area contributed by atoms with Gasteiger partial charge in [-0.05, 0) is 0 Å². The van der Waals surface area contributed by atoms with Crippen molar-refractivity contribution < 1.29 is 252 Å². The molecule has 10 aliphatic heterocycles. The smallest absolute Gasteiger partial charge is 0.217 e. The predicted octanol–water partition coefficient (Wildman–Crippen LogP) is -22.4. The Balaban J connectivity index is 0.922. The van der Waals surface area contributed by atoms with E-state index in [0.717, 1.165) is 20.8 Å². The summed E-state index contributed by atoms with van der Waals surface area (Å²) in [7, 11) is 0. The van der Waals surface area contributed by atoms with Gasteiger partial charge in [0.25, 0.3) is 0 Å². The van der Waals surface area contributed by atoms with E-state index in [1.165, 1.54) is 0 Å². The highest BCUT2D eigenvalue weighted by atomic mass is 16.8. The summed E-state index contributed by atoms with van der Waals surface area (Å²) < 4.78 is 111. The van der Waals surface area contributed by atoms with Crippen LogP contribution in [0.15, 0.2) is 0 Å². The van der Waals surface area contributed by atoms with Crippen LogP contribution in [0.5, 0.6) is 0 Å². The number of carbonyl (C=O) groups excluding carboxylic acids is 3. The molecule has 10 rings (SSSR count). The fraction of sp³-hybridized carbons (Fsp3) is 0.955. The molecule has 0 aromatic rings. The Morgan fingerprint density at radius 3 is 0.792 bits per heavy atom. The van der Waals surface area contributed by atoms with Gasteiger partial charge in [0, 0.05) is 20.8 Å². The second-order valence-corrected chi connectivity index (χ2v) is 30.2. The molecule has 1 unspecified atom stereocenters. The lowest BCUT2D eigenvalue weighted by molar-refractivity contribution is -0.399. The third-order valence-electron chi connectivity index (χ3n) is 22.1. The molecule has 54 nitrogen and oxygen atoms in total. The Labute approximate surface area is 678 Å². The van der Waals surface area contributed by atoms with Gasteiger partial charge in [-0.1, -0.05) is 0 Å². The van der Waals surface area contributed by atoms with Crippen molar-refractivity contribution in [3.05, 3.63) is 0 Å². The first kappa shape index (κ1) is 98.7. The number of ether oxygens (including phenoxy) is 19. The van der Waals surface area contributed by atoms with Crippen molar-refractivity contribution in [3.8, 4) is 0 Å². The molecule has 120 heavy (non-hydrogen) atoms. The lowest BCUT2D eigenvalue weighted by Crippen LogP contribution is -2.70. The van der Waals surface area contributed by atoms with E-state index in [1.807, 2.05) is 0 Å². The molecule has 0 bridgehead atoms. The fourth-order valence-corrected chi connectivity index (χ4v) is 15.5. The molecule has 10 saturated heterocycles. The number of aliphatic hydroxyl groups is 29. The van der Waals surface area contributed by atoms with Crippen molar-refractivity contribution in [2.24, 2.45) is 0 Å². The first-order valence-corrected chi connectivity index (χ1v) is 38.2. The van der Waals surface area contributed by atoms with E-state index < -0.39 is 391 Å². The molecule has 10 heterocycles. The SMILES string of the molecule is CC(=O)N[C@H]1[C@H](O[C@@H]2[C@@H](OC[C@H]3O[C@@H](O[C@H]4[C@H](O)[C@@H](NC(C)=O)C(O)O[C@@H]4CO)[C@@H](O)[C@@H](O[C@H]4O[C@H](CO)[C@@H](O)[C@H](O)[C@@H]4O[C@@H]4O[C@H](CO)[C@@H](O[C@@H]5O[C@H](CO)[C@H](O)[C@H](O[C@H]6O[C@H](CO)[C@H](O)[C@H](O)[C@H]6O)[C@H]5O)[C@H](O)[C@H]4NC(C)=O)[C@@H]3O)O[C@H](CO)[C@@H](O)[C@@H]2O)O[C@H](CO)[C@@H](O[C@@H]2O[C@H](CO)[C@H](O)[C@H](O[C@H]3O[C@H](CO)[C@H](O)[C@H](O)[C@H]3O)[C@H]2O)[C@@H]1O. The minimum Gasteiger partial charge on any atom is -0.394 e. The summed E-state index contributed by atoms with van der Waals surface area (Å²) >= 11 is 0. The number of rotatable bonds is 31.